The molecule has 1 amide bonds. The standard InChI is InChI=1S/C22H23FN2O2S/c1-27-17-11-12-22(18-9-5-6-10-19(18)23)16(13-17)14-28-21(25-22)24-20(26)15-7-3-2-4-8-15/h2-10,16-17H,11-14H2,1H3,(H,24,25,26). The maximum absolute atomic E-state index is 14.8. The molecule has 2 aliphatic rings. The Morgan fingerprint density at radius 3 is 2.71 bits per heavy atom. The van der Waals surface area contributed by atoms with E-state index in [1.165, 1.54) is 17.8 Å². The third-order valence-electron chi connectivity index (χ3n) is 5.72. The van der Waals surface area contributed by atoms with E-state index >= 15 is 0 Å². The van der Waals surface area contributed by atoms with Crippen LogP contribution in [0.5, 0.6) is 0 Å². The predicted octanol–water partition coefficient (Wildman–Crippen LogP) is 4.37. The van der Waals surface area contributed by atoms with Gasteiger partial charge in [0, 0.05) is 29.9 Å². The number of carbonyl (C=O) groups excluding carboxylic acids is 1. The van der Waals surface area contributed by atoms with Crippen molar-refractivity contribution in [2.45, 2.75) is 30.9 Å². The molecule has 6 heteroatoms. The fourth-order valence-electron chi connectivity index (χ4n) is 4.23. The van der Waals surface area contributed by atoms with Crippen molar-refractivity contribution in [1.29, 1.82) is 0 Å². The van der Waals surface area contributed by atoms with Crippen LogP contribution < -0.4 is 5.32 Å². The number of hydrogen-bond acceptors (Lipinski definition) is 4. The molecule has 4 nitrogen and oxygen atoms in total. The summed E-state index contributed by atoms with van der Waals surface area (Å²) in [6.45, 7) is 0. The fourth-order valence-corrected chi connectivity index (χ4v) is 5.39. The Labute approximate surface area is 168 Å². The van der Waals surface area contributed by atoms with Gasteiger partial charge in [-0.2, -0.15) is 0 Å². The maximum atomic E-state index is 14.8. The van der Waals surface area contributed by atoms with E-state index in [0.29, 0.717) is 22.7 Å². The number of rotatable bonds is 3. The number of hydrogen-bond donors (Lipinski definition) is 1. The van der Waals surface area contributed by atoms with Crippen LogP contribution in [0.3, 0.4) is 0 Å². The number of halogens is 1. The quantitative estimate of drug-likeness (QED) is 0.835. The summed E-state index contributed by atoms with van der Waals surface area (Å²) in [4.78, 5) is 17.5. The Bertz CT molecular complexity index is 889. The molecule has 1 aliphatic carbocycles. The number of fused-ring (bicyclic) bond motifs is 1. The average Bonchev–Trinajstić information content (AvgIpc) is 2.74. The highest BCUT2D eigenvalue weighted by Crippen LogP contribution is 2.50. The largest absolute Gasteiger partial charge is 0.381 e. The van der Waals surface area contributed by atoms with Crippen molar-refractivity contribution in [2.24, 2.45) is 10.9 Å². The Kier molecular flexibility index (Phi) is 5.51. The molecule has 0 aromatic heterocycles. The van der Waals surface area contributed by atoms with Gasteiger partial charge in [-0.15, -0.1) is 0 Å². The van der Waals surface area contributed by atoms with E-state index in [4.69, 9.17) is 9.73 Å². The van der Waals surface area contributed by atoms with Crippen molar-refractivity contribution >= 4 is 22.8 Å². The summed E-state index contributed by atoms with van der Waals surface area (Å²) in [7, 11) is 1.73. The number of thioether (sulfide) groups is 1. The fraction of sp³-hybridized carbons (Fsp3) is 0.364. The molecule has 1 saturated carbocycles. The van der Waals surface area contributed by atoms with Gasteiger partial charge in [-0.05, 0) is 37.5 Å². The molecule has 1 fully saturated rings. The maximum Gasteiger partial charge on any atom is 0.257 e. The van der Waals surface area contributed by atoms with Crippen LogP contribution in [0.15, 0.2) is 59.6 Å². The minimum Gasteiger partial charge on any atom is -0.381 e. The summed E-state index contributed by atoms with van der Waals surface area (Å²) in [6.07, 6.45) is 2.51. The SMILES string of the molecule is COC1CCC2(c3ccccc3F)N=C(NC(=O)c3ccccc3)SCC2C1. The molecule has 146 valence electrons. The lowest BCUT2D eigenvalue weighted by Crippen LogP contribution is -2.47. The summed E-state index contributed by atoms with van der Waals surface area (Å²) >= 11 is 1.52. The molecule has 0 spiro atoms. The van der Waals surface area contributed by atoms with Gasteiger partial charge in [0.1, 0.15) is 5.82 Å². The number of ether oxygens (including phenoxy) is 1. The van der Waals surface area contributed by atoms with Crippen LogP contribution >= 0.6 is 11.8 Å². The second kappa shape index (κ2) is 8.05. The summed E-state index contributed by atoms with van der Waals surface area (Å²) in [5, 5.41) is 3.49. The molecule has 2 aromatic rings. The number of carbonyl (C=O) groups is 1. The van der Waals surface area contributed by atoms with Crippen LogP contribution in [0.4, 0.5) is 4.39 Å². The second-order valence-corrected chi connectivity index (χ2v) is 8.29. The molecule has 1 heterocycles. The Hall–Kier alpha value is -2.18. The smallest absolute Gasteiger partial charge is 0.257 e. The Morgan fingerprint density at radius 2 is 1.96 bits per heavy atom. The van der Waals surface area contributed by atoms with Gasteiger partial charge < -0.3 is 10.1 Å². The Morgan fingerprint density at radius 1 is 1.21 bits per heavy atom. The molecular formula is C22H23FN2O2S. The van der Waals surface area contributed by atoms with Crippen molar-refractivity contribution in [1.82, 2.24) is 5.32 Å². The Balaban J connectivity index is 1.68. The summed E-state index contributed by atoms with van der Waals surface area (Å²) in [6, 6.07) is 15.9. The van der Waals surface area contributed by atoms with E-state index in [-0.39, 0.29) is 23.7 Å². The molecule has 0 saturated heterocycles. The lowest BCUT2D eigenvalue weighted by molar-refractivity contribution is 0.0228. The van der Waals surface area contributed by atoms with Crippen LogP contribution in [-0.2, 0) is 10.3 Å². The van der Waals surface area contributed by atoms with Gasteiger partial charge in [0.25, 0.3) is 5.91 Å². The minimum absolute atomic E-state index is 0.158. The predicted molar refractivity (Wildman–Crippen MR) is 110 cm³/mol. The zero-order valence-electron chi connectivity index (χ0n) is 15.7. The van der Waals surface area contributed by atoms with Crippen molar-refractivity contribution in [3.63, 3.8) is 0 Å². The molecule has 4 rings (SSSR count). The van der Waals surface area contributed by atoms with Gasteiger partial charge >= 0.3 is 0 Å². The van der Waals surface area contributed by atoms with Crippen LogP contribution in [-0.4, -0.2) is 30.0 Å². The first kappa shape index (κ1) is 19.2. The van der Waals surface area contributed by atoms with Crippen molar-refractivity contribution in [3.8, 4) is 0 Å². The summed E-state index contributed by atoms with van der Waals surface area (Å²) < 4.78 is 20.4. The zero-order chi connectivity index (χ0) is 19.6. The number of aliphatic imine (C=N–C) groups is 1. The normalized spacial score (nSPS) is 26.9. The number of nitrogens with one attached hydrogen (secondary N) is 1. The monoisotopic (exact) mass is 398 g/mol. The molecule has 0 radical (unpaired) electrons. The van der Waals surface area contributed by atoms with Crippen molar-refractivity contribution in [2.75, 3.05) is 12.9 Å². The summed E-state index contributed by atoms with van der Waals surface area (Å²) in [5.74, 6) is 0.486. The van der Waals surface area contributed by atoms with E-state index in [9.17, 15) is 9.18 Å². The van der Waals surface area contributed by atoms with Crippen LogP contribution in [0.1, 0.15) is 35.2 Å². The molecular weight excluding hydrogens is 375 g/mol. The molecule has 3 unspecified atom stereocenters. The van der Waals surface area contributed by atoms with E-state index < -0.39 is 5.54 Å². The molecule has 1 aliphatic heterocycles. The van der Waals surface area contributed by atoms with E-state index in [1.54, 1.807) is 25.3 Å². The minimum atomic E-state index is -0.662. The molecule has 2 aromatic carbocycles. The second-order valence-electron chi connectivity index (χ2n) is 7.28. The van der Waals surface area contributed by atoms with Gasteiger partial charge in [-0.1, -0.05) is 48.2 Å². The van der Waals surface area contributed by atoms with Crippen LogP contribution in [0.2, 0.25) is 0 Å². The molecule has 3 atom stereocenters. The number of methoxy groups -OCH3 is 1. The summed E-state index contributed by atoms with van der Waals surface area (Å²) in [5.41, 5.74) is 0.530. The van der Waals surface area contributed by atoms with Gasteiger partial charge in [-0.25, -0.2) is 4.39 Å². The molecule has 28 heavy (non-hydrogen) atoms. The number of nitrogens with zero attached hydrogens (tertiary/aromatic N) is 1. The lowest BCUT2D eigenvalue weighted by Gasteiger charge is -2.46. The first-order valence-electron chi connectivity index (χ1n) is 9.49. The topological polar surface area (TPSA) is 50.7 Å². The number of amidine groups is 1. The highest BCUT2D eigenvalue weighted by molar-refractivity contribution is 8.13. The van der Waals surface area contributed by atoms with Crippen molar-refractivity contribution in [3.05, 3.63) is 71.5 Å². The van der Waals surface area contributed by atoms with Crippen LogP contribution in [0, 0.1) is 11.7 Å². The average molecular weight is 399 g/mol. The number of amides is 1. The van der Waals surface area contributed by atoms with Gasteiger partial charge in [0.2, 0.25) is 0 Å². The van der Waals surface area contributed by atoms with Gasteiger partial charge in [0.05, 0.1) is 11.6 Å². The molecule has 0 bridgehead atoms. The third kappa shape index (κ3) is 3.59. The molecule has 1 N–H and O–H groups in total. The third-order valence-corrected chi connectivity index (χ3v) is 6.76. The highest BCUT2D eigenvalue weighted by atomic mass is 32.2. The highest BCUT2D eigenvalue weighted by Gasteiger charge is 2.48. The lowest BCUT2D eigenvalue weighted by atomic mass is 9.68. The number of benzene rings is 2. The van der Waals surface area contributed by atoms with Gasteiger partial charge in [-0.3, -0.25) is 9.79 Å². The van der Waals surface area contributed by atoms with E-state index in [0.717, 1.165) is 18.6 Å². The van der Waals surface area contributed by atoms with Gasteiger partial charge in [0.15, 0.2) is 5.17 Å². The van der Waals surface area contributed by atoms with E-state index in [2.05, 4.69) is 5.32 Å². The van der Waals surface area contributed by atoms with Crippen molar-refractivity contribution < 1.29 is 13.9 Å². The first-order valence-corrected chi connectivity index (χ1v) is 10.5. The zero-order valence-corrected chi connectivity index (χ0v) is 16.5. The van der Waals surface area contributed by atoms with Crippen LogP contribution in [0.25, 0.3) is 0 Å². The van der Waals surface area contributed by atoms with E-state index in [1.807, 2.05) is 30.3 Å². The first-order chi connectivity index (χ1) is 13.6.